The molecule has 38 heteroatoms. The first-order valence-electron chi connectivity index (χ1n) is 49.7. The van der Waals surface area contributed by atoms with Gasteiger partial charge in [-0.15, -0.1) is 60.0 Å². The Hall–Kier alpha value is -9.55. The first kappa shape index (κ1) is 124. The number of esters is 4. The number of nitrogens with zero attached hydrogens (tertiary/aromatic N) is 5. The van der Waals surface area contributed by atoms with Gasteiger partial charge in [0, 0.05) is 108 Å². The normalized spacial score (nSPS) is 21.4. The molecule has 14 atom stereocenters. The molecule has 0 aromatic heterocycles. The van der Waals surface area contributed by atoms with Gasteiger partial charge in [0.1, 0.15) is 64.6 Å². The molecule has 808 valence electrons. The molecule has 148 heavy (non-hydrogen) atoms. The number of rotatable bonds is 24. The zero-order valence-corrected chi connectivity index (χ0v) is 94.7. The van der Waals surface area contributed by atoms with E-state index in [1.165, 1.54) is 57.5 Å². The quantitative estimate of drug-likeness (QED) is 0.00971. The van der Waals surface area contributed by atoms with Crippen LogP contribution in [0, 0.1) is 28.7 Å². The van der Waals surface area contributed by atoms with Gasteiger partial charge in [-0.05, 0) is 204 Å². The summed E-state index contributed by atoms with van der Waals surface area (Å²) >= 11 is 6.86. The Labute approximate surface area is 910 Å². The van der Waals surface area contributed by atoms with Crippen molar-refractivity contribution in [1.29, 1.82) is 0 Å². The van der Waals surface area contributed by atoms with E-state index in [-0.39, 0.29) is 103 Å². The number of aliphatic hydroxyl groups excluding tert-OH is 1. The average Bonchev–Trinajstić information content (AvgIpc) is 1.57. The fraction of sp³-hybridized carbons (Fsp3) is 0.509. The molecule has 0 spiro atoms. The number of likely N-dealkylation sites (tertiary alicyclic amines) is 3. The van der Waals surface area contributed by atoms with Crippen molar-refractivity contribution in [3.63, 3.8) is 0 Å². The van der Waals surface area contributed by atoms with Crippen LogP contribution >= 0.6 is 47.0 Å². The van der Waals surface area contributed by atoms with Crippen LogP contribution in [0.5, 0.6) is 0 Å². The molecular weight excluding hydrogens is 2050 g/mol. The number of ether oxygens (including phenoxy) is 7. The summed E-state index contributed by atoms with van der Waals surface area (Å²) in [4.78, 5) is 155. The molecule has 14 rings (SSSR count). The fourth-order valence-corrected chi connectivity index (χ4v) is 23.5. The van der Waals surface area contributed by atoms with E-state index < -0.39 is 137 Å². The third kappa shape index (κ3) is 34.0. The van der Waals surface area contributed by atoms with E-state index in [2.05, 4.69) is 142 Å². The molecule has 6 aliphatic rings. The molecule has 2 unspecified atom stereocenters. The summed E-state index contributed by atoms with van der Waals surface area (Å²) in [6.45, 7) is 46.2. The van der Waals surface area contributed by atoms with Crippen LogP contribution in [0.15, 0.2) is 202 Å². The summed E-state index contributed by atoms with van der Waals surface area (Å²) in [6, 6.07) is 52.8. The minimum atomic E-state index is -1.19. The number of methoxy groups -OCH3 is 3. The number of thioether (sulfide) groups is 4. The smallest absolute Gasteiger partial charge is 0.408 e. The third-order valence-electron chi connectivity index (χ3n) is 25.4. The largest absolute Gasteiger partial charge is 0.490 e. The van der Waals surface area contributed by atoms with E-state index in [4.69, 9.17) is 28.4 Å². The number of carbonyl (C=O) groups is 11. The SMILES string of the molecule is C=CC1CC1(NC(=O)[C@@H]1C[C@@H](Sc2cccc3ccccc23)CN1C(=O)[C@@H](NC(=O)OC(C)(C)C)C(C)(C)C)C(=O)OCC.CC(C)(C)OC(=O)N[C@H](C(=O)N1[CH-]C[C@@H](Sc2cccc3ccccc23)C1)C(C)(C)C.COC(=O)[C@@H]1C[C@@H](Sc2cccc3ccccc23)CN1B(C)O.COC(=O)[C@@H]1C[C@@H](Sc2cccc3ccccc23)CN1C(=O)[C@@H](NC(=O)OC(C)(C)C)C(C)(C)C.COC(=O)[C@@H]1C[C@H](O)CN1B(C)O.[Co].[Co]. The standard InChI is InChI=1S/C34H45N3O6S.C27H36N2O5S.C25H33N2O3S.C17H20BNO3S.C7H14BNO4.2Co/c1-9-22-19-34(22,30(40)42-10-2)36-28(38)25-18-23(44-26-17-13-15-21-14-11-12-16-24(21)26)20-37(25)29(39)27(32(3,4)5)35-31(41)43-33(6,7)8;1-26(2,3)22(28-25(32)34-27(4,5)6)23(30)29-16-18(15-20(29)24(31)33-7)35-21-14-10-12-17-11-8-9-13-19(17)21;1-24(2,3)21(26-23(29)30-25(4,5)6)22(28)27-15-14-18(16-27)31-20-13-9-11-17-10-7-8-12-19(17)20;1-18(21)19-11-13(10-15(19)17(20)22-2)23-16-9-5-7-12-6-3-4-8-14(12)16;1-8(12)9-4-5(10)3-6(9)7(11)13-2;;/h9,11-17,22-23,25,27H,1,10,18-20H2,2-8H3,(H,35,41)(H,36,38);8-14,18,20,22H,15-16H2,1-7H3,(H,28,32);7-13,15,18,21H,14,16H2,1-6H3,(H,26,29);3-9,13,15,21H,10-11H2,1-2H3;5-6,10,12H,3-4H2,1-2H3;;/q;;-1;;;;/t22?,23-,25+,27-,34?;18-,20+,22-;18-,21-;13-,15+;5-,6-;;/m11110../s1. The Bertz CT molecular complexity index is 5910. The molecule has 7 N–H and O–H groups in total. The summed E-state index contributed by atoms with van der Waals surface area (Å²) in [5.41, 5.74) is -4.99. The molecule has 8 aromatic rings. The van der Waals surface area contributed by atoms with Crippen LogP contribution in [0.25, 0.3) is 43.1 Å². The van der Waals surface area contributed by atoms with Crippen molar-refractivity contribution in [3.8, 4) is 0 Å². The number of amides is 7. The Morgan fingerprint density at radius 3 is 1.08 bits per heavy atom. The number of alkyl carbamates (subject to hydrolysis) is 3. The van der Waals surface area contributed by atoms with Crippen LogP contribution in [-0.4, -0.2) is 272 Å². The molecule has 0 bridgehead atoms. The summed E-state index contributed by atoms with van der Waals surface area (Å²) in [5.74, 6) is -3.12. The average molecular weight is 2200 g/mol. The Morgan fingerprint density at radius 1 is 0.432 bits per heavy atom. The van der Waals surface area contributed by atoms with Crippen molar-refractivity contribution in [2.75, 3.05) is 60.7 Å². The number of hydrogen-bond acceptors (Lipinski definition) is 27. The van der Waals surface area contributed by atoms with Gasteiger partial charge in [0.2, 0.25) is 23.6 Å². The molecular formula is C110H148B2Co2N9O21S4-. The number of aliphatic hydroxyl groups is 1. The van der Waals surface area contributed by atoms with E-state index in [1.807, 2.05) is 155 Å². The van der Waals surface area contributed by atoms with Gasteiger partial charge in [-0.25, -0.2) is 30.5 Å². The molecule has 5 aliphatic heterocycles. The van der Waals surface area contributed by atoms with Crippen LogP contribution in [0.4, 0.5) is 14.4 Å². The van der Waals surface area contributed by atoms with Gasteiger partial charge in [-0.2, -0.15) is 0 Å². The van der Waals surface area contributed by atoms with Crippen LogP contribution in [-0.2, 0) is 105 Å². The second-order valence-electron chi connectivity index (χ2n) is 43.7. The zero-order valence-electron chi connectivity index (χ0n) is 89.4. The maximum Gasteiger partial charge on any atom is 0.408 e. The number of carbonyl (C=O) groups excluding carboxylic acids is 11. The van der Waals surface area contributed by atoms with Crippen molar-refractivity contribution in [1.82, 2.24) is 45.6 Å². The fourth-order valence-electron chi connectivity index (χ4n) is 18.2. The maximum absolute atomic E-state index is 14.3. The molecule has 5 heterocycles. The van der Waals surface area contributed by atoms with Crippen molar-refractivity contribution < 1.29 is 135 Å². The Kier molecular flexibility index (Phi) is 44.8. The number of fused-ring (bicyclic) bond motifs is 4. The number of nitrogens with one attached hydrogen (secondary N) is 4. The van der Waals surface area contributed by atoms with Gasteiger partial charge in [-0.1, -0.05) is 214 Å². The summed E-state index contributed by atoms with van der Waals surface area (Å²) in [6.07, 6.45) is 2.20. The Morgan fingerprint density at radius 2 is 0.743 bits per heavy atom. The minimum Gasteiger partial charge on any atom is -0.490 e. The monoisotopic (exact) mass is 2200 g/mol. The second-order valence-corrected chi connectivity index (χ2v) is 49.1. The van der Waals surface area contributed by atoms with Crippen molar-refractivity contribution in [2.24, 2.45) is 22.2 Å². The molecule has 2 radical (unpaired) electrons. The zero-order chi connectivity index (χ0) is 108. The van der Waals surface area contributed by atoms with E-state index in [9.17, 15) is 67.9 Å². The van der Waals surface area contributed by atoms with E-state index in [1.54, 1.807) is 130 Å². The van der Waals surface area contributed by atoms with Gasteiger partial charge in [0.15, 0.2) is 0 Å². The molecule has 30 nitrogen and oxygen atoms in total. The van der Waals surface area contributed by atoms with Crippen molar-refractivity contribution in [2.45, 2.75) is 295 Å². The van der Waals surface area contributed by atoms with Gasteiger partial charge in [-0.3, -0.25) is 28.8 Å². The van der Waals surface area contributed by atoms with Gasteiger partial charge >= 0.3 is 56.3 Å². The number of benzene rings is 8. The van der Waals surface area contributed by atoms with Crippen LogP contribution < -0.4 is 21.3 Å². The Balaban J connectivity index is 0.000000234. The summed E-state index contributed by atoms with van der Waals surface area (Å²) < 4.78 is 36.0. The topological polar surface area (TPSA) is 377 Å². The molecule has 1 aliphatic carbocycles. The predicted octanol–water partition coefficient (Wildman–Crippen LogP) is 17.5. The van der Waals surface area contributed by atoms with Crippen molar-refractivity contribution in [3.05, 3.63) is 189 Å². The number of hydrogen-bond donors (Lipinski definition) is 7. The first-order valence-corrected chi connectivity index (χ1v) is 53.2. The van der Waals surface area contributed by atoms with Crippen molar-refractivity contribution >= 4 is 170 Å². The second kappa shape index (κ2) is 53.6. The summed E-state index contributed by atoms with van der Waals surface area (Å²) in [7, 11) is 2.63. The summed E-state index contributed by atoms with van der Waals surface area (Å²) in [5, 5.41) is 49.6. The number of β-amino-alcohol motifs (C(OH)–C–C–N with tert-alkyl or cyclic N) is 1. The van der Waals surface area contributed by atoms with Crippen LogP contribution in [0.1, 0.15) is 170 Å². The third-order valence-corrected chi connectivity index (χ3v) is 30.6. The first-order chi connectivity index (χ1) is 68.5. The maximum atomic E-state index is 14.3. The molecule has 1 saturated carbocycles. The van der Waals surface area contributed by atoms with E-state index in [0.29, 0.717) is 58.3 Å². The van der Waals surface area contributed by atoms with Crippen LogP contribution in [0.3, 0.4) is 0 Å². The van der Waals surface area contributed by atoms with E-state index >= 15 is 0 Å². The predicted molar refractivity (Wildman–Crippen MR) is 579 cm³/mol. The minimum absolute atomic E-state index is 0. The molecule has 8 aromatic carbocycles. The molecule has 7 amide bonds. The van der Waals surface area contributed by atoms with Gasteiger partial charge in [0.05, 0.1) is 34.0 Å². The van der Waals surface area contributed by atoms with Gasteiger partial charge < -0.3 is 93.9 Å². The van der Waals surface area contributed by atoms with Gasteiger partial charge in [0.25, 0.3) is 0 Å². The van der Waals surface area contributed by atoms with Crippen LogP contribution in [0.2, 0.25) is 13.6 Å². The molecule has 6 fully saturated rings. The van der Waals surface area contributed by atoms with E-state index in [0.717, 1.165) is 37.8 Å². The molecule has 5 saturated heterocycles.